The van der Waals surface area contributed by atoms with Crippen molar-refractivity contribution >= 4 is 9.84 Å². The van der Waals surface area contributed by atoms with Crippen molar-refractivity contribution in [1.82, 2.24) is 10.2 Å². The molecular weight excluding hydrogens is 224 g/mol. The van der Waals surface area contributed by atoms with E-state index in [4.69, 9.17) is 0 Å². The number of nitrogens with zero attached hydrogens (tertiary/aromatic N) is 1. The summed E-state index contributed by atoms with van der Waals surface area (Å²) in [5.41, 5.74) is 0. The fourth-order valence-corrected chi connectivity index (χ4v) is 3.81. The van der Waals surface area contributed by atoms with Crippen LogP contribution >= 0.6 is 0 Å². The van der Waals surface area contributed by atoms with Gasteiger partial charge in [-0.1, -0.05) is 13.8 Å². The standard InChI is InChI=1S/C11H24N2O2S/c1-3-13(4-2)8-5-7-12-11-6-9-16(14,15)10-11/h11-12H,3-10H2,1-2H3/t11-/m0/s1. The summed E-state index contributed by atoms with van der Waals surface area (Å²) in [4.78, 5) is 2.38. The van der Waals surface area contributed by atoms with Crippen molar-refractivity contribution in [1.29, 1.82) is 0 Å². The molecule has 0 aliphatic carbocycles. The van der Waals surface area contributed by atoms with Gasteiger partial charge in [-0.25, -0.2) is 8.42 Å². The summed E-state index contributed by atoms with van der Waals surface area (Å²) in [7, 11) is -2.73. The molecule has 1 rings (SSSR count). The van der Waals surface area contributed by atoms with Gasteiger partial charge < -0.3 is 10.2 Å². The molecule has 0 aromatic heterocycles. The Balaban J connectivity index is 2.08. The van der Waals surface area contributed by atoms with Crippen LogP contribution in [-0.4, -0.2) is 57.0 Å². The maximum Gasteiger partial charge on any atom is 0.151 e. The third-order valence-corrected chi connectivity index (χ3v) is 4.98. The Morgan fingerprint density at radius 3 is 2.50 bits per heavy atom. The van der Waals surface area contributed by atoms with E-state index >= 15 is 0 Å². The highest BCUT2D eigenvalue weighted by molar-refractivity contribution is 7.91. The molecule has 1 saturated heterocycles. The molecule has 1 N–H and O–H groups in total. The fraction of sp³-hybridized carbons (Fsp3) is 1.00. The molecule has 4 nitrogen and oxygen atoms in total. The van der Waals surface area contributed by atoms with E-state index in [9.17, 15) is 8.42 Å². The third kappa shape index (κ3) is 4.80. The van der Waals surface area contributed by atoms with Crippen LogP contribution in [0.3, 0.4) is 0 Å². The van der Waals surface area contributed by atoms with Crippen LogP contribution in [0.5, 0.6) is 0 Å². The zero-order valence-electron chi connectivity index (χ0n) is 10.4. The quantitative estimate of drug-likeness (QED) is 0.666. The van der Waals surface area contributed by atoms with Crippen LogP contribution in [-0.2, 0) is 9.84 Å². The Morgan fingerprint density at radius 2 is 2.00 bits per heavy atom. The smallest absolute Gasteiger partial charge is 0.151 e. The molecule has 0 bridgehead atoms. The average molecular weight is 248 g/mol. The molecule has 5 heteroatoms. The minimum atomic E-state index is -2.73. The van der Waals surface area contributed by atoms with Gasteiger partial charge in [0.25, 0.3) is 0 Å². The Kier molecular flexibility index (Phi) is 5.72. The molecule has 96 valence electrons. The van der Waals surface area contributed by atoms with Gasteiger partial charge in [0, 0.05) is 6.04 Å². The number of sulfone groups is 1. The van der Waals surface area contributed by atoms with Gasteiger partial charge in [-0.2, -0.15) is 0 Å². The zero-order chi connectivity index (χ0) is 12.0. The molecule has 0 radical (unpaired) electrons. The van der Waals surface area contributed by atoms with Crippen LogP contribution < -0.4 is 5.32 Å². The van der Waals surface area contributed by atoms with E-state index < -0.39 is 9.84 Å². The molecule has 0 aromatic carbocycles. The number of nitrogens with one attached hydrogen (secondary N) is 1. The molecule has 1 heterocycles. The van der Waals surface area contributed by atoms with Crippen molar-refractivity contribution in [3.8, 4) is 0 Å². The first kappa shape index (κ1) is 13.9. The highest BCUT2D eigenvalue weighted by Crippen LogP contribution is 2.10. The summed E-state index contributed by atoms with van der Waals surface area (Å²) in [6.07, 6.45) is 1.88. The Morgan fingerprint density at radius 1 is 1.31 bits per heavy atom. The summed E-state index contributed by atoms with van der Waals surface area (Å²) in [6, 6.07) is 0.196. The normalized spacial score (nSPS) is 24.1. The zero-order valence-corrected chi connectivity index (χ0v) is 11.2. The lowest BCUT2D eigenvalue weighted by Crippen LogP contribution is -2.33. The van der Waals surface area contributed by atoms with Crippen molar-refractivity contribution in [2.24, 2.45) is 0 Å². The van der Waals surface area contributed by atoms with E-state index in [1.807, 2.05) is 0 Å². The molecule has 0 aromatic rings. The van der Waals surface area contributed by atoms with Gasteiger partial charge >= 0.3 is 0 Å². The predicted molar refractivity (Wildman–Crippen MR) is 67.5 cm³/mol. The van der Waals surface area contributed by atoms with Gasteiger partial charge in [0.2, 0.25) is 0 Å². The Bertz CT molecular complexity index is 286. The Labute approximate surface area is 99.3 Å². The minimum Gasteiger partial charge on any atom is -0.313 e. The molecule has 1 aliphatic rings. The molecule has 0 amide bonds. The highest BCUT2D eigenvalue weighted by Gasteiger charge is 2.26. The maximum atomic E-state index is 11.2. The number of hydrogen-bond acceptors (Lipinski definition) is 4. The molecule has 0 spiro atoms. The number of hydrogen-bond donors (Lipinski definition) is 1. The van der Waals surface area contributed by atoms with Crippen LogP contribution in [0.2, 0.25) is 0 Å². The van der Waals surface area contributed by atoms with Crippen molar-refractivity contribution in [2.45, 2.75) is 32.7 Å². The third-order valence-electron chi connectivity index (χ3n) is 3.21. The lowest BCUT2D eigenvalue weighted by atomic mass is 10.2. The van der Waals surface area contributed by atoms with Gasteiger partial charge in [0.05, 0.1) is 11.5 Å². The summed E-state index contributed by atoms with van der Waals surface area (Å²) < 4.78 is 22.5. The summed E-state index contributed by atoms with van der Waals surface area (Å²) >= 11 is 0. The van der Waals surface area contributed by atoms with Crippen molar-refractivity contribution < 1.29 is 8.42 Å². The van der Waals surface area contributed by atoms with Gasteiger partial charge in [0.1, 0.15) is 0 Å². The second kappa shape index (κ2) is 6.57. The SMILES string of the molecule is CCN(CC)CCCN[C@H]1CCS(=O)(=O)C1. The Hall–Kier alpha value is -0.130. The lowest BCUT2D eigenvalue weighted by Gasteiger charge is -2.18. The molecule has 0 saturated carbocycles. The molecule has 1 atom stereocenters. The monoisotopic (exact) mass is 248 g/mol. The van der Waals surface area contributed by atoms with Gasteiger partial charge in [-0.05, 0) is 39.0 Å². The highest BCUT2D eigenvalue weighted by atomic mass is 32.2. The van der Waals surface area contributed by atoms with Crippen LogP contribution in [0.1, 0.15) is 26.7 Å². The molecule has 1 fully saturated rings. The molecule has 16 heavy (non-hydrogen) atoms. The van der Waals surface area contributed by atoms with Crippen LogP contribution in [0.4, 0.5) is 0 Å². The topological polar surface area (TPSA) is 49.4 Å². The summed E-state index contributed by atoms with van der Waals surface area (Å²) in [5, 5.41) is 3.33. The first-order chi connectivity index (χ1) is 7.57. The van der Waals surface area contributed by atoms with E-state index in [1.54, 1.807) is 0 Å². The molecular formula is C11H24N2O2S. The number of rotatable bonds is 7. The second-order valence-corrected chi connectivity index (χ2v) is 6.66. The average Bonchev–Trinajstić information content (AvgIpc) is 2.59. The van der Waals surface area contributed by atoms with Crippen LogP contribution in [0, 0.1) is 0 Å². The van der Waals surface area contributed by atoms with E-state index in [0.717, 1.165) is 39.0 Å². The van der Waals surface area contributed by atoms with Crippen molar-refractivity contribution in [3.05, 3.63) is 0 Å². The van der Waals surface area contributed by atoms with E-state index in [-0.39, 0.29) is 6.04 Å². The van der Waals surface area contributed by atoms with Crippen molar-refractivity contribution in [2.75, 3.05) is 37.7 Å². The second-order valence-electron chi connectivity index (χ2n) is 4.43. The van der Waals surface area contributed by atoms with E-state index in [1.165, 1.54) is 0 Å². The fourth-order valence-electron chi connectivity index (χ4n) is 2.10. The molecule has 1 aliphatic heterocycles. The van der Waals surface area contributed by atoms with Gasteiger partial charge in [0.15, 0.2) is 9.84 Å². The van der Waals surface area contributed by atoms with Crippen LogP contribution in [0.15, 0.2) is 0 Å². The lowest BCUT2D eigenvalue weighted by molar-refractivity contribution is 0.296. The first-order valence-corrected chi connectivity index (χ1v) is 8.05. The predicted octanol–water partition coefficient (Wildman–Crippen LogP) is 0.495. The summed E-state index contributed by atoms with van der Waals surface area (Å²) in [5.74, 6) is 0.693. The largest absolute Gasteiger partial charge is 0.313 e. The van der Waals surface area contributed by atoms with Crippen molar-refractivity contribution in [3.63, 3.8) is 0 Å². The van der Waals surface area contributed by atoms with Crippen LogP contribution in [0.25, 0.3) is 0 Å². The molecule has 0 unspecified atom stereocenters. The minimum absolute atomic E-state index is 0.196. The van der Waals surface area contributed by atoms with E-state index in [2.05, 4.69) is 24.1 Å². The first-order valence-electron chi connectivity index (χ1n) is 6.23. The van der Waals surface area contributed by atoms with Gasteiger partial charge in [-0.3, -0.25) is 0 Å². The maximum absolute atomic E-state index is 11.2. The van der Waals surface area contributed by atoms with Gasteiger partial charge in [-0.15, -0.1) is 0 Å². The summed E-state index contributed by atoms with van der Waals surface area (Å²) in [6.45, 7) is 8.54. The van der Waals surface area contributed by atoms with E-state index in [0.29, 0.717) is 11.5 Å².